The van der Waals surface area contributed by atoms with E-state index in [4.69, 9.17) is 5.73 Å². The van der Waals surface area contributed by atoms with Crippen molar-refractivity contribution >= 4 is 24.0 Å². The van der Waals surface area contributed by atoms with Crippen LogP contribution in [0.3, 0.4) is 0 Å². The first kappa shape index (κ1) is 14.9. The third kappa shape index (κ3) is 2.36. The highest BCUT2D eigenvalue weighted by molar-refractivity contribution is 5.96. The number of anilines is 1. The molecule has 2 atom stereocenters. The summed E-state index contributed by atoms with van der Waals surface area (Å²) in [6.07, 6.45) is 6.48. The highest BCUT2D eigenvalue weighted by Gasteiger charge is 2.52. The molecule has 1 aromatic rings. The molecule has 2 saturated carbocycles. The van der Waals surface area contributed by atoms with Crippen LogP contribution in [-0.4, -0.2) is 18.5 Å². The fraction of sp³-hybridized carbons (Fsp3) is 0.588. The molecular weight excluding hydrogens is 284 g/mol. The monoisotopic (exact) mass is 306 g/mol. The molecule has 1 aromatic carbocycles. The highest BCUT2D eigenvalue weighted by Crippen LogP contribution is 2.56. The average molecular weight is 307 g/mol. The van der Waals surface area contributed by atoms with Crippen LogP contribution in [0.25, 0.3) is 0 Å². The topological polar surface area (TPSA) is 46.3 Å². The van der Waals surface area contributed by atoms with Gasteiger partial charge in [-0.1, -0.05) is 24.6 Å². The Morgan fingerprint density at radius 3 is 2.71 bits per heavy atom. The molecule has 3 nitrogen and oxygen atoms in total. The number of fused-ring (bicyclic) bond motifs is 2. The lowest BCUT2D eigenvalue weighted by Gasteiger charge is -2.21. The molecule has 4 heteroatoms. The zero-order chi connectivity index (χ0) is 13.7. The summed E-state index contributed by atoms with van der Waals surface area (Å²) in [6, 6.07) is 8.68. The van der Waals surface area contributed by atoms with Gasteiger partial charge in [0.2, 0.25) is 5.91 Å². The number of rotatable bonds is 2. The van der Waals surface area contributed by atoms with E-state index in [-0.39, 0.29) is 24.4 Å². The quantitative estimate of drug-likeness (QED) is 0.913. The molecule has 1 amide bonds. The molecule has 2 fully saturated rings. The number of para-hydroxylation sites is 1. The van der Waals surface area contributed by atoms with E-state index in [0.717, 1.165) is 25.1 Å². The van der Waals surface area contributed by atoms with Crippen LogP contribution in [-0.2, 0) is 10.2 Å². The number of nitrogens with two attached hydrogens (primary N) is 1. The van der Waals surface area contributed by atoms with Crippen LogP contribution in [0, 0.1) is 5.92 Å². The summed E-state index contributed by atoms with van der Waals surface area (Å²) < 4.78 is 0. The largest absolute Gasteiger partial charge is 0.327 e. The summed E-state index contributed by atoms with van der Waals surface area (Å²) in [5.41, 5.74) is 8.96. The van der Waals surface area contributed by atoms with Gasteiger partial charge >= 0.3 is 0 Å². The van der Waals surface area contributed by atoms with E-state index in [9.17, 15) is 4.79 Å². The van der Waals surface area contributed by atoms with E-state index in [1.54, 1.807) is 0 Å². The van der Waals surface area contributed by atoms with Crippen LogP contribution in [0.2, 0.25) is 0 Å². The lowest BCUT2D eigenvalue weighted by Crippen LogP contribution is -2.35. The summed E-state index contributed by atoms with van der Waals surface area (Å²) in [5, 5.41) is 0. The average Bonchev–Trinajstić information content (AvgIpc) is 3.02. The summed E-state index contributed by atoms with van der Waals surface area (Å²) >= 11 is 0. The summed E-state index contributed by atoms with van der Waals surface area (Å²) in [5.74, 6) is 0.675. The maximum atomic E-state index is 12.7. The Morgan fingerprint density at radius 1 is 1.29 bits per heavy atom. The SMILES string of the molecule is Cl.N[C@@H]1CCC[C@H]1CC(=O)N1CC2(CC2)c2ccccc21. The Morgan fingerprint density at radius 2 is 2.05 bits per heavy atom. The third-order valence-electron chi connectivity index (χ3n) is 5.54. The van der Waals surface area contributed by atoms with E-state index in [0.29, 0.717) is 17.8 Å². The second kappa shape index (κ2) is 5.29. The van der Waals surface area contributed by atoms with Crippen molar-refractivity contribution < 1.29 is 4.79 Å². The molecule has 4 rings (SSSR count). The van der Waals surface area contributed by atoms with E-state index in [1.165, 1.54) is 24.8 Å². The Kier molecular flexibility index (Phi) is 3.74. The fourth-order valence-electron chi connectivity index (χ4n) is 4.08. The molecule has 1 spiro atoms. The van der Waals surface area contributed by atoms with Gasteiger partial charge in [-0.3, -0.25) is 4.79 Å². The van der Waals surface area contributed by atoms with Gasteiger partial charge in [0.05, 0.1) is 0 Å². The Labute approximate surface area is 132 Å². The van der Waals surface area contributed by atoms with E-state index >= 15 is 0 Å². The van der Waals surface area contributed by atoms with E-state index in [1.807, 2.05) is 11.0 Å². The predicted octanol–water partition coefficient (Wildman–Crippen LogP) is 3.00. The molecule has 0 bridgehead atoms. The Bertz CT molecular complexity index is 555. The van der Waals surface area contributed by atoms with Crippen LogP contribution < -0.4 is 10.6 Å². The standard InChI is InChI=1S/C17H22N2O.ClH/c18-14-6-3-4-12(14)10-16(20)19-11-17(8-9-17)13-5-1-2-7-15(13)19;/h1-2,5,7,12,14H,3-4,6,8-11,18H2;1H/t12-,14+;/m0./s1. The molecule has 0 unspecified atom stereocenters. The first-order valence-corrected chi connectivity index (χ1v) is 7.85. The molecule has 2 N–H and O–H groups in total. The lowest BCUT2D eigenvalue weighted by atomic mass is 9.99. The minimum Gasteiger partial charge on any atom is -0.327 e. The number of hydrogen-bond acceptors (Lipinski definition) is 2. The first-order valence-electron chi connectivity index (χ1n) is 7.85. The van der Waals surface area contributed by atoms with Gasteiger partial charge in [0.25, 0.3) is 0 Å². The number of hydrogen-bond donors (Lipinski definition) is 1. The van der Waals surface area contributed by atoms with Crippen molar-refractivity contribution in [1.82, 2.24) is 0 Å². The third-order valence-corrected chi connectivity index (χ3v) is 5.54. The van der Waals surface area contributed by atoms with Crippen molar-refractivity contribution in [2.24, 2.45) is 11.7 Å². The van der Waals surface area contributed by atoms with Gasteiger partial charge in [0.1, 0.15) is 0 Å². The minimum atomic E-state index is 0. The second-order valence-corrected chi connectivity index (χ2v) is 6.84. The van der Waals surface area contributed by atoms with Gasteiger partial charge in [-0.05, 0) is 43.2 Å². The molecule has 114 valence electrons. The van der Waals surface area contributed by atoms with Gasteiger partial charge in [-0.2, -0.15) is 0 Å². The number of carbonyl (C=O) groups excluding carboxylic acids is 1. The van der Waals surface area contributed by atoms with Crippen molar-refractivity contribution in [3.8, 4) is 0 Å². The maximum absolute atomic E-state index is 12.7. The van der Waals surface area contributed by atoms with E-state index < -0.39 is 0 Å². The number of benzene rings is 1. The van der Waals surface area contributed by atoms with Crippen LogP contribution in [0.4, 0.5) is 5.69 Å². The van der Waals surface area contributed by atoms with Crippen LogP contribution in [0.5, 0.6) is 0 Å². The highest BCUT2D eigenvalue weighted by atomic mass is 35.5. The first-order chi connectivity index (χ1) is 9.70. The molecule has 0 saturated heterocycles. The van der Waals surface area contributed by atoms with Crippen molar-refractivity contribution in [2.45, 2.75) is 50.0 Å². The van der Waals surface area contributed by atoms with Crippen LogP contribution >= 0.6 is 12.4 Å². The molecule has 21 heavy (non-hydrogen) atoms. The van der Waals surface area contributed by atoms with Gasteiger partial charge in [0, 0.05) is 30.1 Å². The Balaban J connectivity index is 0.00000132. The van der Waals surface area contributed by atoms with Gasteiger partial charge in [-0.25, -0.2) is 0 Å². The second-order valence-electron chi connectivity index (χ2n) is 6.84. The minimum absolute atomic E-state index is 0. The van der Waals surface area contributed by atoms with Gasteiger partial charge in [-0.15, -0.1) is 12.4 Å². The summed E-state index contributed by atoms with van der Waals surface area (Å²) in [4.78, 5) is 14.7. The molecule has 0 aromatic heterocycles. The van der Waals surface area contributed by atoms with E-state index in [2.05, 4.69) is 18.2 Å². The molecule has 3 aliphatic rings. The van der Waals surface area contributed by atoms with Crippen molar-refractivity contribution in [3.05, 3.63) is 29.8 Å². The fourth-order valence-corrected chi connectivity index (χ4v) is 4.08. The van der Waals surface area contributed by atoms with Crippen LogP contribution in [0.1, 0.15) is 44.1 Å². The van der Waals surface area contributed by atoms with Gasteiger partial charge in [0.15, 0.2) is 0 Å². The number of nitrogens with zero attached hydrogens (tertiary/aromatic N) is 1. The van der Waals surface area contributed by atoms with Crippen molar-refractivity contribution in [3.63, 3.8) is 0 Å². The molecule has 1 heterocycles. The number of halogens is 1. The number of carbonyl (C=O) groups is 1. The van der Waals surface area contributed by atoms with Crippen molar-refractivity contribution in [2.75, 3.05) is 11.4 Å². The summed E-state index contributed by atoms with van der Waals surface area (Å²) in [6.45, 7) is 0.896. The normalized spacial score (nSPS) is 28.3. The number of amides is 1. The maximum Gasteiger partial charge on any atom is 0.227 e. The smallest absolute Gasteiger partial charge is 0.227 e. The molecule has 2 aliphatic carbocycles. The predicted molar refractivity (Wildman–Crippen MR) is 86.9 cm³/mol. The van der Waals surface area contributed by atoms with Gasteiger partial charge < -0.3 is 10.6 Å². The molecule has 0 radical (unpaired) electrons. The summed E-state index contributed by atoms with van der Waals surface area (Å²) in [7, 11) is 0. The van der Waals surface area contributed by atoms with Crippen LogP contribution in [0.15, 0.2) is 24.3 Å². The molecule has 1 aliphatic heterocycles. The lowest BCUT2D eigenvalue weighted by molar-refractivity contribution is -0.119. The zero-order valence-corrected chi connectivity index (χ0v) is 13.1. The Hall–Kier alpha value is -1.06. The van der Waals surface area contributed by atoms with Crippen molar-refractivity contribution in [1.29, 1.82) is 0 Å². The zero-order valence-electron chi connectivity index (χ0n) is 12.3. The molecular formula is C17H23ClN2O.